The van der Waals surface area contributed by atoms with Crippen LogP contribution in [0.4, 0.5) is 24.5 Å². The maximum Gasteiger partial charge on any atom is 0.418 e. The van der Waals surface area contributed by atoms with Crippen molar-refractivity contribution in [1.29, 1.82) is 5.26 Å². The third kappa shape index (κ3) is 4.81. The zero-order chi connectivity index (χ0) is 18.4. The topological polar surface area (TPSA) is 77.8 Å². The molecule has 0 saturated carbocycles. The van der Waals surface area contributed by atoms with Crippen LogP contribution >= 0.6 is 0 Å². The third-order valence-corrected chi connectivity index (χ3v) is 3.14. The molecule has 0 unspecified atom stereocenters. The lowest BCUT2D eigenvalue weighted by Crippen LogP contribution is -2.18. The Kier molecular flexibility index (Phi) is 5.39. The summed E-state index contributed by atoms with van der Waals surface area (Å²) in [6.07, 6.45) is -2.01. The lowest BCUT2D eigenvalue weighted by Gasteiger charge is -2.13. The summed E-state index contributed by atoms with van der Waals surface area (Å²) in [5.74, 6) is -0.952. The van der Waals surface area contributed by atoms with Crippen molar-refractivity contribution >= 4 is 17.3 Å². The van der Waals surface area contributed by atoms with Gasteiger partial charge in [0, 0.05) is 11.9 Å². The maximum atomic E-state index is 12.9. The summed E-state index contributed by atoms with van der Waals surface area (Å²) in [4.78, 5) is 16.1. The Morgan fingerprint density at radius 2 is 1.96 bits per heavy atom. The lowest BCUT2D eigenvalue weighted by molar-refractivity contribution is -0.137. The number of hydrogen-bond acceptors (Lipinski definition) is 4. The number of rotatable bonds is 4. The molecule has 0 aliphatic rings. The number of nitriles is 1. The first-order valence-electron chi connectivity index (χ1n) is 7.08. The van der Waals surface area contributed by atoms with E-state index in [-0.39, 0.29) is 5.57 Å². The summed E-state index contributed by atoms with van der Waals surface area (Å²) >= 11 is 0. The van der Waals surface area contributed by atoms with Gasteiger partial charge in [0.2, 0.25) is 0 Å². The molecule has 1 aromatic heterocycles. The van der Waals surface area contributed by atoms with Crippen molar-refractivity contribution in [3.05, 3.63) is 65.6 Å². The smallest absolute Gasteiger partial charge is 0.359 e. The SMILES string of the molecule is Cc1ccc(N/C=C(/C#N)C(=O)Nc2ccccc2C(F)(F)F)cn1. The molecule has 0 spiro atoms. The zero-order valence-electron chi connectivity index (χ0n) is 13.1. The highest BCUT2D eigenvalue weighted by molar-refractivity contribution is 6.07. The lowest BCUT2D eigenvalue weighted by atomic mass is 10.1. The largest absolute Gasteiger partial charge is 0.418 e. The minimum atomic E-state index is -4.62. The Balaban J connectivity index is 2.17. The Labute approximate surface area is 141 Å². The highest BCUT2D eigenvalue weighted by atomic mass is 19.4. The van der Waals surface area contributed by atoms with Crippen molar-refractivity contribution in [2.45, 2.75) is 13.1 Å². The van der Waals surface area contributed by atoms with Gasteiger partial charge in [0.25, 0.3) is 5.91 Å². The van der Waals surface area contributed by atoms with E-state index in [0.717, 1.165) is 24.0 Å². The molecule has 1 heterocycles. The number of carbonyl (C=O) groups is 1. The highest BCUT2D eigenvalue weighted by Gasteiger charge is 2.33. The van der Waals surface area contributed by atoms with E-state index in [1.165, 1.54) is 18.3 Å². The molecule has 128 valence electrons. The van der Waals surface area contributed by atoms with E-state index in [1.54, 1.807) is 25.1 Å². The van der Waals surface area contributed by atoms with E-state index in [2.05, 4.69) is 15.6 Å². The fraction of sp³-hybridized carbons (Fsp3) is 0.118. The summed E-state index contributed by atoms with van der Waals surface area (Å²) in [6.45, 7) is 1.80. The quantitative estimate of drug-likeness (QED) is 0.651. The molecule has 0 atom stereocenters. The Bertz CT molecular complexity index is 836. The number of benzene rings is 1. The van der Waals surface area contributed by atoms with Gasteiger partial charge < -0.3 is 10.6 Å². The summed E-state index contributed by atoms with van der Waals surface area (Å²) < 4.78 is 38.8. The maximum absolute atomic E-state index is 12.9. The molecule has 2 aromatic rings. The van der Waals surface area contributed by atoms with Gasteiger partial charge in [-0.05, 0) is 31.2 Å². The summed E-state index contributed by atoms with van der Waals surface area (Å²) in [5.41, 5.74) is -0.467. The van der Waals surface area contributed by atoms with Crippen LogP contribution in [0.15, 0.2) is 54.4 Å². The minimum absolute atomic E-state index is 0.377. The first-order chi connectivity index (χ1) is 11.8. The summed E-state index contributed by atoms with van der Waals surface area (Å²) in [7, 11) is 0. The van der Waals surface area contributed by atoms with E-state index in [4.69, 9.17) is 5.26 Å². The van der Waals surface area contributed by atoms with Crippen LogP contribution in [0.1, 0.15) is 11.3 Å². The van der Waals surface area contributed by atoms with E-state index in [0.29, 0.717) is 5.69 Å². The van der Waals surface area contributed by atoms with Crippen LogP contribution in [-0.4, -0.2) is 10.9 Å². The molecule has 0 aliphatic carbocycles. The molecule has 1 aromatic carbocycles. The monoisotopic (exact) mass is 346 g/mol. The zero-order valence-corrected chi connectivity index (χ0v) is 13.1. The number of pyridine rings is 1. The summed E-state index contributed by atoms with van der Waals surface area (Å²) in [6, 6.07) is 9.59. The molecule has 25 heavy (non-hydrogen) atoms. The first kappa shape index (κ1) is 18.0. The number of amides is 1. The van der Waals surface area contributed by atoms with Crippen LogP contribution in [0.3, 0.4) is 0 Å². The van der Waals surface area contributed by atoms with Gasteiger partial charge in [-0.2, -0.15) is 18.4 Å². The van der Waals surface area contributed by atoms with Crippen molar-refractivity contribution in [3.8, 4) is 6.07 Å². The number of hydrogen-bond donors (Lipinski definition) is 2. The number of nitrogens with one attached hydrogen (secondary N) is 2. The first-order valence-corrected chi connectivity index (χ1v) is 7.08. The molecule has 8 heteroatoms. The van der Waals surface area contributed by atoms with Gasteiger partial charge in [0.15, 0.2) is 0 Å². The van der Waals surface area contributed by atoms with E-state index in [9.17, 15) is 18.0 Å². The highest BCUT2D eigenvalue weighted by Crippen LogP contribution is 2.34. The molecule has 0 saturated heterocycles. The third-order valence-electron chi connectivity index (χ3n) is 3.14. The number of aryl methyl sites for hydroxylation is 1. The van der Waals surface area contributed by atoms with Crippen molar-refractivity contribution in [1.82, 2.24) is 4.98 Å². The average Bonchev–Trinajstić information content (AvgIpc) is 2.56. The number of para-hydroxylation sites is 1. The van der Waals surface area contributed by atoms with Crippen LogP contribution in [0.2, 0.25) is 0 Å². The predicted octanol–water partition coefficient (Wildman–Crippen LogP) is 3.87. The number of aromatic nitrogens is 1. The molecule has 5 nitrogen and oxygen atoms in total. The van der Waals surface area contributed by atoms with Gasteiger partial charge in [-0.1, -0.05) is 12.1 Å². The molecule has 0 radical (unpaired) electrons. The molecular formula is C17H13F3N4O. The fourth-order valence-corrected chi connectivity index (χ4v) is 1.89. The number of nitrogens with zero attached hydrogens (tertiary/aromatic N) is 2. The second-order valence-electron chi connectivity index (χ2n) is 5.00. The molecule has 2 rings (SSSR count). The van der Waals surface area contributed by atoms with Crippen LogP contribution < -0.4 is 10.6 Å². The predicted molar refractivity (Wildman–Crippen MR) is 86.4 cm³/mol. The number of carbonyl (C=O) groups excluding carboxylic acids is 1. The second-order valence-corrected chi connectivity index (χ2v) is 5.00. The van der Waals surface area contributed by atoms with Crippen LogP contribution in [0.5, 0.6) is 0 Å². The van der Waals surface area contributed by atoms with E-state index >= 15 is 0 Å². The van der Waals surface area contributed by atoms with Gasteiger partial charge in [0.05, 0.1) is 23.1 Å². The van der Waals surface area contributed by atoms with Crippen molar-refractivity contribution in [3.63, 3.8) is 0 Å². The van der Waals surface area contributed by atoms with Crippen LogP contribution in [0.25, 0.3) is 0 Å². The number of alkyl halides is 3. The molecular weight excluding hydrogens is 333 g/mol. The average molecular weight is 346 g/mol. The van der Waals surface area contributed by atoms with Crippen molar-refractivity contribution in [2.24, 2.45) is 0 Å². The standard InChI is InChI=1S/C17H13F3N4O/c1-11-6-7-13(10-22-11)23-9-12(8-21)16(25)24-15-5-3-2-4-14(15)17(18,19)20/h2-7,9-10,23H,1H3,(H,24,25)/b12-9-. The molecule has 1 amide bonds. The van der Waals surface area contributed by atoms with Gasteiger partial charge in [-0.15, -0.1) is 0 Å². The van der Waals surface area contributed by atoms with Gasteiger partial charge in [-0.3, -0.25) is 9.78 Å². The van der Waals surface area contributed by atoms with E-state index < -0.39 is 23.3 Å². The molecule has 2 N–H and O–H groups in total. The molecule has 0 aliphatic heterocycles. The number of anilines is 2. The van der Waals surface area contributed by atoms with Gasteiger partial charge in [0.1, 0.15) is 11.6 Å². The minimum Gasteiger partial charge on any atom is -0.359 e. The summed E-state index contributed by atoms with van der Waals surface area (Å²) in [5, 5.41) is 13.9. The van der Waals surface area contributed by atoms with Crippen LogP contribution in [0, 0.1) is 18.3 Å². The number of halogens is 3. The normalized spacial score (nSPS) is 11.6. The second kappa shape index (κ2) is 7.49. The van der Waals surface area contributed by atoms with Gasteiger partial charge >= 0.3 is 6.18 Å². The van der Waals surface area contributed by atoms with Crippen LogP contribution in [-0.2, 0) is 11.0 Å². The Morgan fingerprint density at radius 3 is 2.56 bits per heavy atom. The van der Waals surface area contributed by atoms with Crippen molar-refractivity contribution < 1.29 is 18.0 Å². The molecule has 0 bridgehead atoms. The molecule has 0 fully saturated rings. The Morgan fingerprint density at radius 1 is 1.24 bits per heavy atom. The fourth-order valence-electron chi connectivity index (χ4n) is 1.89. The van der Waals surface area contributed by atoms with E-state index in [1.807, 2.05) is 0 Å². The Hall–Kier alpha value is -3.34. The van der Waals surface area contributed by atoms with Crippen molar-refractivity contribution in [2.75, 3.05) is 10.6 Å². The van der Waals surface area contributed by atoms with Gasteiger partial charge in [-0.25, -0.2) is 0 Å².